The molecule has 1 aromatic heterocycles. The number of imidazole rings is 1. The molecule has 1 fully saturated rings. The molecule has 88 valence electrons. The van der Waals surface area contributed by atoms with Crippen LogP contribution in [0.2, 0.25) is 0 Å². The summed E-state index contributed by atoms with van der Waals surface area (Å²) in [5.74, 6) is 0.160. The van der Waals surface area contributed by atoms with Crippen molar-refractivity contribution in [1.29, 1.82) is 0 Å². The Morgan fingerprint density at radius 2 is 2.06 bits per heavy atom. The Morgan fingerprint density at radius 3 is 2.69 bits per heavy atom. The van der Waals surface area contributed by atoms with Gasteiger partial charge in [-0.3, -0.25) is 9.36 Å². The van der Waals surface area contributed by atoms with Crippen LogP contribution in [0.4, 0.5) is 0 Å². The second kappa shape index (κ2) is 5.01. The van der Waals surface area contributed by atoms with Gasteiger partial charge in [0.15, 0.2) is 0 Å². The topological polar surface area (TPSA) is 58.1 Å². The largest absolute Gasteiger partial charge is 0.343 e. The van der Waals surface area contributed by atoms with Gasteiger partial charge in [0.2, 0.25) is 5.91 Å². The number of hydrogen-bond donors (Lipinski definition) is 1. The molecule has 0 atom stereocenters. The maximum Gasteiger partial charge on any atom is 0.325 e. The molecule has 0 radical (unpaired) electrons. The van der Waals surface area contributed by atoms with Crippen LogP contribution in [0.3, 0.4) is 0 Å². The summed E-state index contributed by atoms with van der Waals surface area (Å²) in [6.07, 6.45) is 7.12. The first-order valence-electron chi connectivity index (χ1n) is 5.79. The third-order valence-corrected chi connectivity index (χ3v) is 3.00. The number of rotatable bonds is 3. The Balaban J connectivity index is 1.83. The Kier molecular flexibility index (Phi) is 3.44. The van der Waals surface area contributed by atoms with E-state index in [0.29, 0.717) is 13.0 Å². The number of aryl methyl sites for hydroxylation is 1. The van der Waals surface area contributed by atoms with Crippen LogP contribution in [-0.2, 0) is 11.3 Å². The van der Waals surface area contributed by atoms with Crippen molar-refractivity contribution in [2.75, 3.05) is 13.1 Å². The molecule has 5 nitrogen and oxygen atoms in total. The normalized spacial score (nSPS) is 16.4. The molecule has 0 saturated carbocycles. The zero-order chi connectivity index (χ0) is 11.4. The number of piperidine rings is 1. The van der Waals surface area contributed by atoms with Crippen LogP contribution in [0.15, 0.2) is 17.2 Å². The van der Waals surface area contributed by atoms with Gasteiger partial charge in [-0.25, -0.2) is 4.79 Å². The minimum Gasteiger partial charge on any atom is -0.343 e. The number of aromatic nitrogens is 2. The molecule has 5 heteroatoms. The highest BCUT2D eigenvalue weighted by Gasteiger charge is 2.15. The number of H-pyrrole nitrogens is 1. The molecule has 1 aliphatic rings. The molecule has 1 aromatic rings. The van der Waals surface area contributed by atoms with Crippen LogP contribution in [0.5, 0.6) is 0 Å². The molecule has 2 heterocycles. The molecule has 0 aromatic carbocycles. The van der Waals surface area contributed by atoms with E-state index in [0.717, 1.165) is 25.9 Å². The molecule has 1 amide bonds. The van der Waals surface area contributed by atoms with Gasteiger partial charge < -0.3 is 9.88 Å². The smallest absolute Gasteiger partial charge is 0.325 e. The van der Waals surface area contributed by atoms with E-state index in [-0.39, 0.29) is 11.6 Å². The van der Waals surface area contributed by atoms with Gasteiger partial charge >= 0.3 is 5.69 Å². The van der Waals surface area contributed by atoms with Crippen LogP contribution in [0.25, 0.3) is 0 Å². The summed E-state index contributed by atoms with van der Waals surface area (Å²) in [6, 6.07) is 0. The highest BCUT2D eigenvalue weighted by molar-refractivity contribution is 5.76. The molecule has 0 spiro atoms. The van der Waals surface area contributed by atoms with Crippen LogP contribution < -0.4 is 5.69 Å². The predicted molar refractivity (Wildman–Crippen MR) is 60.1 cm³/mol. The third-order valence-electron chi connectivity index (χ3n) is 3.00. The van der Waals surface area contributed by atoms with Gasteiger partial charge in [-0.15, -0.1) is 0 Å². The number of aromatic amines is 1. The van der Waals surface area contributed by atoms with E-state index in [4.69, 9.17) is 0 Å². The van der Waals surface area contributed by atoms with Crippen molar-refractivity contribution in [2.24, 2.45) is 0 Å². The molecule has 0 bridgehead atoms. The van der Waals surface area contributed by atoms with E-state index in [1.165, 1.54) is 11.0 Å². The van der Waals surface area contributed by atoms with Crippen LogP contribution in [-0.4, -0.2) is 33.4 Å². The Morgan fingerprint density at radius 1 is 1.31 bits per heavy atom. The summed E-state index contributed by atoms with van der Waals surface area (Å²) in [6.45, 7) is 2.22. The minimum atomic E-state index is -0.147. The first kappa shape index (κ1) is 11.0. The zero-order valence-corrected chi connectivity index (χ0v) is 9.32. The lowest BCUT2D eigenvalue weighted by Gasteiger charge is -2.26. The summed E-state index contributed by atoms with van der Waals surface area (Å²) < 4.78 is 1.53. The molecule has 1 aliphatic heterocycles. The van der Waals surface area contributed by atoms with E-state index in [1.54, 1.807) is 12.4 Å². The number of carbonyl (C=O) groups excluding carboxylic acids is 1. The Bertz CT molecular complexity index is 401. The number of nitrogens with zero attached hydrogens (tertiary/aromatic N) is 2. The van der Waals surface area contributed by atoms with Gasteiger partial charge in [-0.05, 0) is 19.3 Å². The van der Waals surface area contributed by atoms with Gasteiger partial charge in [-0.1, -0.05) is 0 Å². The SMILES string of the molecule is O=C(CCn1cc[nH]c1=O)N1CCCCC1. The molecule has 0 unspecified atom stereocenters. The van der Waals surface area contributed by atoms with Crippen molar-refractivity contribution in [3.63, 3.8) is 0 Å². The van der Waals surface area contributed by atoms with Crippen LogP contribution >= 0.6 is 0 Å². The molecule has 1 N–H and O–H groups in total. The summed E-state index contributed by atoms with van der Waals surface area (Å²) in [4.78, 5) is 27.5. The number of hydrogen-bond acceptors (Lipinski definition) is 2. The highest BCUT2D eigenvalue weighted by Crippen LogP contribution is 2.09. The summed E-state index contributed by atoms with van der Waals surface area (Å²) >= 11 is 0. The van der Waals surface area contributed by atoms with Crippen LogP contribution in [0.1, 0.15) is 25.7 Å². The number of nitrogens with one attached hydrogen (secondary N) is 1. The van der Waals surface area contributed by atoms with Gasteiger partial charge in [0.25, 0.3) is 0 Å². The van der Waals surface area contributed by atoms with Crippen molar-refractivity contribution in [2.45, 2.75) is 32.2 Å². The summed E-state index contributed by atoms with van der Waals surface area (Å²) in [7, 11) is 0. The standard InChI is InChI=1S/C11H17N3O2/c15-10(13-6-2-1-3-7-13)4-8-14-9-5-12-11(14)16/h5,9H,1-4,6-8H2,(H,12,16). The molecular formula is C11H17N3O2. The van der Waals surface area contributed by atoms with Gasteiger partial charge in [-0.2, -0.15) is 0 Å². The van der Waals surface area contributed by atoms with Crippen LogP contribution in [0, 0.1) is 0 Å². The highest BCUT2D eigenvalue weighted by atomic mass is 16.2. The monoisotopic (exact) mass is 223 g/mol. The fourth-order valence-electron chi connectivity index (χ4n) is 2.04. The van der Waals surface area contributed by atoms with E-state index < -0.39 is 0 Å². The predicted octanol–water partition coefficient (Wildman–Crippen LogP) is 0.579. The lowest BCUT2D eigenvalue weighted by atomic mass is 10.1. The lowest BCUT2D eigenvalue weighted by molar-refractivity contribution is -0.132. The Hall–Kier alpha value is -1.52. The zero-order valence-electron chi connectivity index (χ0n) is 9.32. The molecule has 2 rings (SSSR count). The van der Waals surface area contributed by atoms with E-state index in [2.05, 4.69) is 4.98 Å². The molecule has 0 aliphatic carbocycles. The summed E-state index contributed by atoms with van der Waals surface area (Å²) in [5.41, 5.74) is -0.147. The number of likely N-dealkylation sites (tertiary alicyclic amines) is 1. The quantitative estimate of drug-likeness (QED) is 0.814. The second-order valence-corrected chi connectivity index (χ2v) is 4.15. The van der Waals surface area contributed by atoms with Crippen molar-refractivity contribution < 1.29 is 4.79 Å². The lowest BCUT2D eigenvalue weighted by Crippen LogP contribution is -2.36. The molecular weight excluding hydrogens is 206 g/mol. The van der Waals surface area contributed by atoms with E-state index in [9.17, 15) is 9.59 Å². The van der Waals surface area contributed by atoms with Crippen molar-refractivity contribution >= 4 is 5.91 Å². The van der Waals surface area contributed by atoms with E-state index >= 15 is 0 Å². The average molecular weight is 223 g/mol. The first-order valence-corrected chi connectivity index (χ1v) is 5.79. The fourth-order valence-corrected chi connectivity index (χ4v) is 2.04. The average Bonchev–Trinajstić information content (AvgIpc) is 2.73. The Labute approximate surface area is 94.1 Å². The number of amides is 1. The molecule has 16 heavy (non-hydrogen) atoms. The maximum absolute atomic E-state index is 11.8. The van der Waals surface area contributed by atoms with Gasteiger partial charge in [0.05, 0.1) is 0 Å². The van der Waals surface area contributed by atoms with E-state index in [1.807, 2.05) is 4.90 Å². The maximum atomic E-state index is 11.8. The van der Waals surface area contributed by atoms with Crippen molar-refractivity contribution in [1.82, 2.24) is 14.5 Å². The van der Waals surface area contributed by atoms with Gasteiger partial charge in [0, 0.05) is 38.4 Å². The fraction of sp³-hybridized carbons (Fsp3) is 0.636. The third kappa shape index (κ3) is 2.53. The minimum absolute atomic E-state index is 0.147. The molecule has 1 saturated heterocycles. The summed E-state index contributed by atoms with van der Waals surface area (Å²) in [5, 5.41) is 0. The van der Waals surface area contributed by atoms with Crippen molar-refractivity contribution in [3.8, 4) is 0 Å². The van der Waals surface area contributed by atoms with Gasteiger partial charge in [0.1, 0.15) is 0 Å². The number of carbonyl (C=O) groups is 1. The first-order chi connectivity index (χ1) is 7.77. The van der Waals surface area contributed by atoms with Crippen molar-refractivity contribution in [3.05, 3.63) is 22.9 Å². The second-order valence-electron chi connectivity index (χ2n) is 4.15.